The number of aliphatic hydroxyl groups is 1. The summed E-state index contributed by atoms with van der Waals surface area (Å²) in [5, 5.41) is 13.2. The van der Waals surface area contributed by atoms with Crippen LogP contribution in [0.25, 0.3) is 6.08 Å². The van der Waals surface area contributed by atoms with Crippen LogP contribution in [0.3, 0.4) is 0 Å². The van der Waals surface area contributed by atoms with Crippen molar-refractivity contribution in [1.29, 1.82) is 0 Å². The lowest BCUT2D eigenvalue weighted by Gasteiger charge is -2.21. The Morgan fingerprint density at radius 3 is 3.18 bits per heavy atom. The lowest BCUT2D eigenvalue weighted by molar-refractivity contribution is -0.127. The number of likely N-dealkylation sites (tertiary alicyclic amines) is 1. The Kier molecular flexibility index (Phi) is 3.58. The molecule has 2 rings (SSSR count). The van der Waals surface area contributed by atoms with E-state index < -0.39 is 0 Å². The first-order chi connectivity index (χ1) is 8.22. The van der Waals surface area contributed by atoms with E-state index in [1.165, 1.54) is 0 Å². The molecular formula is C12H17N3O2. The first-order valence-corrected chi connectivity index (χ1v) is 5.80. The molecule has 0 aromatic carbocycles. The molecule has 0 aliphatic carbocycles. The van der Waals surface area contributed by atoms with Gasteiger partial charge in [0.1, 0.15) is 0 Å². The second kappa shape index (κ2) is 5.14. The van der Waals surface area contributed by atoms with Crippen LogP contribution in [0.2, 0.25) is 0 Å². The minimum atomic E-state index is -0.0391. The molecule has 1 aromatic heterocycles. The number of amides is 1. The van der Waals surface area contributed by atoms with Crippen molar-refractivity contribution < 1.29 is 9.90 Å². The summed E-state index contributed by atoms with van der Waals surface area (Å²) < 4.78 is 1.71. The van der Waals surface area contributed by atoms with Crippen molar-refractivity contribution in [3.05, 3.63) is 24.0 Å². The third-order valence-corrected chi connectivity index (χ3v) is 3.13. The molecule has 1 saturated heterocycles. The zero-order valence-corrected chi connectivity index (χ0v) is 9.91. The van der Waals surface area contributed by atoms with Crippen molar-refractivity contribution in [2.45, 2.75) is 18.9 Å². The largest absolute Gasteiger partial charge is 0.394 e. The fraction of sp³-hybridized carbons (Fsp3) is 0.500. The standard InChI is InChI=1S/C12H17N3O2/c1-14-10(6-7-13-14)4-5-12(17)15-8-2-3-11(15)9-16/h4-7,11,16H,2-3,8-9H2,1H3/t11-/m1/s1. The molecule has 1 aliphatic rings. The summed E-state index contributed by atoms with van der Waals surface area (Å²) in [6, 6.07) is 1.83. The van der Waals surface area contributed by atoms with Crippen LogP contribution in [-0.4, -0.2) is 44.9 Å². The summed E-state index contributed by atoms with van der Waals surface area (Å²) in [5.41, 5.74) is 0.887. The summed E-state index contributed by atoms with van der Waals surface area (Å²) in [7, 11) is 1.83. The number of aryl methyl sites for hydroxylation is 1. The summed E-state index contributed by atoms with van der Waals surface area (Å²) in [6.45, 7) is 0.783. The molecule has 1 fully saturated rings. The van der Waals surface area contributed by atoms with Crippen LogP contribution < -0.4 is 0 Å². The Morgan fingerprint density at radius 1 is 1.71 bits per heavy atom. The third kappa shape index (κ3) is 2.55. The topological polar surface area (TPSA) is 58.4 Å². The second-order valence-electron chi connectivity index (χ2n) is 4.22. The van der Waals surface area contributed by atoms with Gasteiger partial charge in [-0.2, -0.15) is 5.10 Å². The van der Waals surface area contributed by atoms with E-state index in [9.17, 15) is 4.79 Å². The summed E-state index contributed by atoms with van der Waals surface area (Å²) in [6.07, 6.45) is 6.85. The molecule has 0 radical (unpaired) electrons. The predicted octanol–water partition coefficient (Wildman–Crippen LogP) is 0.417. The highest BCUT2D eigenvalue weighted by Gasteiger charge is 2.26. The van der Waals surface area contributed by atoms with Crippen LogP contribution in [0.1, 0.15) is 18.5 Å². The fourth-order valence-corrected chi connectivity index (χ4v) is 2.12. The van der Waals surface area contributed by atoms with Gasteiger partial charge in [-0.15, -0.1) is 0 Å². The number of hydrogen-bond donors (Lipinski definition) is 1. The molecule has 1 amide bonds. The second-order valence-corrected chi connectivity index (χ2v) is 4.22. The van der Waals surface area contributed by atoms with Crippen molar-refractivity contribution in [1.82, 2.24) is 14.7 Å². The van der Waals surface area contributed by atoms with Crippen molar-refractivity contribution in [2.75, 3.05) is 13.2 Å². The average Bonchev–Trinajstić information content (AvgIpc) is 2.94. The van der Waals surface area contributed by atoms with Gasteiger partial charge in [-0.05, 0) is 25.0 Å². The lowest BCUT2D eigenvalue weighted by atomic mass is 10.2. The highest BCUT2D eigenvalue weighted by atomic mass is 16.3. The number of carbonyl (C=O) groups excluding carboxylic acids is 1. The maximum absolute atomic E-state index is 11.9. The molecule has 0 spiro atoms. The molecule has 1 N–H and O–H groups in total. The number of aliphatic hydroxyl groups excluding tert-OH is 1. The first kappa shape index (κ1) is 11.9. The molecule has 0 saturated carbocycles. The van der Waals surface area contributed by atoms with Crippen LogP contribution in [0, 0.1) is 0 Å². The van der Waals surface area contributed by atoms with Crippen LogP contribution >= 0.6 is 0 Å². The van der Waals surface area contributed by atoms with E-state index in [-0.39, 0.29) is 18.6 Å². The Labute approximate surface area is 100 Å². The van der Waals surface area contributed by atoms with E-state index in [2.05, 4.69) is 5.10 Å². The van der Waals surface area contributed by atoms with Crippen LogP contribution in [-0.2, 0) is 11.8 Å². The molecule has 1 aliphatic heterocycles. The maximum Gasteiger partial charge on any atom is 0.246 e. The van der Waals surface area contributed by atoms with Gasteiger partial charge in [0, 0.05) is 25.9 Å². The first-order valence-electron chi connectivity index (χ1n) is 5.80. The van der Waals surface area contributed by atoms with Crippen LogP contribution in [0.15, 0.2) is 18.3 Å². The van der Waals surface area contributed by atoms with Gasteiger partial charge < -0.3 is 10.0 Å². The van der Waals surface area contributed by atoms with Crippen LogP contribution in [0.4, 0.5) is 0 Å². The van der Waals surface area contributed by atoms with Gasteiger partial charge in [-0.3, -0.25) is 9.48 Å². The summed E-state index contributed by atoms with van der Waals surface area (Å²) in [4.78, 5) is 13.6. The maximum atomic E-state index is 11.9. The molecule has 0 unspecified atom stereocenters. The minimum absolute atomic E-state index is 0.0151. The molecule has 17 heavy (non-hydrogen) atoms. The minimum Gasteiger partial charge on any atom is -0.394 e. The number of hydrogen-bond acceptors (Lipinski definition) is 3. The number of rotatable bonds is 3. The highest BCUT2D eigenvalue weighted by Crippen LogP contribution is 2.17. The van der Waals surface area contributed by atoms with E-state index in [0.29, 0.717) is 0 Å². The number of nitrogens with zero attached hydrogens (tertiary/aromatic N) is 3. The zero-order valence-electron chi connectivity index (χ0n) is 9.91. The van der Waals surface area contributed by atoms with E-state index in [1.54, 1.807) is 27.9 Å². The van der Waals surface area contributed by atoms with Gasteiger partial charge in [0.2, 0.25) is 5.91 Å². The van der Waals surface area contributed by atoms with Crippen molar-refractivity contribution >= 4 is 12.0 Å². The van der Waals surface area contributed by atoms with Gasteiger partial charge in [0.05, 0.1) is 18.3 Å². The SMILES string of the molecule is Cn1nccc1C=CC(=O)N1CCC[C@@H]1CO. The molecule has 1 atom stereocenters. The Hall–Kier alpha value is -1.62. The van der Waals surface area contributed by atoms with Gasteiger partial charge in [0.15, 0.2) is 0 Å². The Balaban J connectivity index is 2.02. The molecule has 5 heteroatoms. The Bertz CT molecular complexity index is 425. The van der Waals surface area contributed by atoms with E-state index in [4.69, 9.17) is 5.11 Å². The lowest BCUT2D eigenvalue weighted by Crippen LogP contribution is -2.36. The highest BCUT2D eigenvalue weighted by molar-refractivity contribution is 5.91. The fourth-order valence-electron chi connectivity index (χ4n) is 2.12. The third-order valence-electron chi connectivity index (χ3n) is 3.13. The van der Waals surface area contributed by atoms with Crippen molar-refractivity contribution in [3.8, 4) is 0 Å². The van der Waals surface area contributed by atoms with E-state index in [0.717, 1.165) is 25.1 Å². The molecule has 0 bridgehead atoms. The number of aromatic nitrogens is 2. The van der Waals surface area contributed by atoms with Gasteiger partial charge in [0.25, 0.3) is 0 Å². The van der Waals surface area contributed by atoms with Gasteiger partial charge in [-0.1, -0.05) is 0 Å². The Morgan fingerprint density at radius 2 is 2.53 bits per heavy atom. The predicted molar refractivity (Wildman–Crippen MR) is 64.1 cm³/mol. The molecule has 92 valence electrons. The quantitative estimate of drug-likeness (QED) is 0.772. The van der Waals surface area contributed by atoms with Gasteiger partial charge in [-0.25, -0.2) is 0 Å². The zero-order chi connectivity index (χ0) is 12.3. The van der Waals surface area contributed by atoms with E-state index in [1.807, 2.05) is 13.1 Å². The summed E-state index contributed by atoms with van der Waals surface area (Å²) >= 11 is 0. The molecule has 5 nitrogen and oxygen atoms in total. The van der Waals surface area contributed by atoms with Gasteiger partial charge >= 0.3 is 0 Å². The molecule has 2 heterocycles. The molecular weight excluding hydrogens is 218 g/mol. The molecule has 1 aromatic rings. The van der Waals surface area contributed by atoms with Crippen molar-refractivity contribution in [3.63, 3.8) is 0 Å². The van der Waals surface area contributed by atoms with E-state index >= 15 is 0 Å². The normalized spacial score (nSPS) is 20.4. The van der Waals surface area contributed by atoms with Crippen molar-refractivity contribution in [2.24, 2.45) is 7.05 Å². The monoisotopic (exact) mass is 235 g/mol. The van der Waals surface area contributed by atoms with Crippen LogP contribution in [0.5, 0.6) is 0 Å². The number of carbonyl (C=O) groups is 1. The average molecular weight is 235 g/mol. The smallest absolute Gasteiger partial charge is 0.246 e. The summed E-state index contributed by atoms with van der Waals surface area (Å²) in [5.74, 6) is -0.0391.